The molecule has 0 aromatic heterocycles. The zero-order valence-electron chi connectivity index (χ0n) is 38.1. The fraction of sp³-hybridized carbons (Fsp3) is 0.643. The van der Waals surface area contributed by atoms with Crippen LogP contribution in [0.3, 0.4) is 0 Å². The third-order valence-electron chi connectivity index (χ3n) is 9.02. The fourth-order valence-electron chi connectivity index (χ4n) is 6.57. The molecule has 2 saturated heterocycles. The van der Waals surface area contributed by atoms with Crippen LogP contribution in [0.15, 0.2) is 18.2 Å². The number of halogens is 1. The average molecular weight is 961 g/mol. The van der Waals surface area contributed by atoms with Gasteiger partial charge in [-0.1, -0.05) is 11.6 Å². The molecule has 0 saturated carbocycles. The standard InChI is InChI=1S/C42H57ClN2O21/c1-19(46)55-17-30-33(58-21(3)48)35(59-22(4)49)38(62-25(7)52)41(64-30)65-34-31(18-56-20(2)47)63-40(37(61-24(6)51)36(34)60-23(5)50)57-16-26-15-27(11-12-28(26)43)45-39(54)29(44)13-14-32(53)66-42(8,9)10/h11-12,15,29-31,33-38,40-41H,13-14,16-18,44H2,1-10H3,(H,45,54)/t29-,30+,31+,33+,34+,35-,36-,37+,38+,40+,41+/m0/s1. The van der Waals surface area contributed by atoms with Crippen LogP contribution in [0.5, 0.6) is 0 Å². The molecule has 368 valence electrons. The van der Waals surface area contributed by atoms with Gasteiger partial charge < -0.3 is 67.9 Å². The second-order valence-corrected chi connectivity index (χ2v) is 16.4. The number of anilines is 1. The van der Waals surface area contributed by atoms with Gasteiger partial charge in [-0.2, -0.15) is 0 Å². The molecule has 0 bridgehead atoms. The van der Waals surface area contributed by atoms with Crippen LogP contribution in [0.4, 0.5) is 5.69 Å². The monoisotopic (exact) mass is 960 g/mol. The first-order valence-electron chi connectivity index (χ1n) is 20.5. The van der Waals surface area contributed by atoms with Crippen LogP contribution >= 0.6 is 11.6 Å². The Labute approximate surface area is 385 Å². The van der Waals surface area contributed by atoms with E-state index in [1.807, 2.05) is 0 Å². The lowest BCUT2D eigenvalue weighted by atomic mass is 9.96. The van der Waals surface area contributed by atoms with E-state index in [2.05, 4.69) is 5.32 Å². The minimum atomic E-state index is -1.88. The molecule has 24 heteroatoms. The van der Waals surface area contributed by atoms with E-state index in [4.69, 9.17) is 74.2 Å². The predicted octanol–water partition coefficient (Wildman–Crippen LogP) is 1.86. The van der Waals surface area contributed by atoms with Gasteiger partial charge in [0.2, 0.25) is 5.91 Å². The Hall–Kier alpha value is -5.46. The first-order chi connectivity index (χ1) is 30.7. The average Bonchev–Trinajstić information content (AvgIpc) is 3.18. The Morgan fingerprint density at radius 1 is 0.652 bits per heavy atom. The van der Waals surface area contributed by atoms with Crippen molar-refractivity contribution in [2.45, 2.75) is 162 Å². The molecule has 3 rings (SSSR count). The molecule has 2 fully saturated rings. The van der Waals surface area contributed by atoms with Gasteiger partial charge in [0.25, 0.3) is 0 Å². The van der Waals surface area contributed by atoms with E-state index < -0.39 is 147 Å². The second kappa shape index (κ2) is 24.9. The molecule has 0 radical (unpaired) electrons. The van der Waals surface area contributed by atoms with Crippen LogP contribution in [0.25, 0.3) is 0 Å². The summed E-state index contributed by atoms with van der Waals surface area (Å²) in [5.74, 6) is -7.41. The number of rotatable bonds is 19. The molecule has 66 heavy (non-hydrogen) atoms. The number of carbonyl (C=O) groups excluding carboxylic acids is 9. The van der Waals surface area contributed by atoms with Crippen LogP contribution in [-0.2, 0) is 107 Å². The molecule has 1 aromatic carbocycles. The highest BCUT2D eigenvalue weighted by Crippen LogP contribution is 2.36. The normalized spacial score (nSPS) is 25.5. The lowest BCUT2D eigenvalue weighted by Crippen LogP contribution is -2.67. The number of esters is 8. The molecule has 0 aliphatic carbocycles. The van der Waals surface area contributed by atoms with Crippen molar-refractivity contribution < 1.29 is 100.0 Å². The lowest BCUT2D eigenvalue weighted by Gasteiger charge is -2.48. The summed E-state index contributed by atoms with van der Waals surface area (Å²) in [5.41, 5.74) is 5.80. The summed E-state index contributed by atoms with van der Waals surface area (Å²) in [7, 11) is 0. The van der Waals surface area contributed by atoms with Crippen LogP contribution in [-0.4, -0.2) is 140 Å². The molecule has 23 nitrogen and oxygen atoms in total. The van der Waals surface area contributed by atoms with Crippen LogP contribution in [0.2, 0.25) is 5.02 Å². The number of nitrogens with two attached hydrogens (primary N) is 1. The van der Waals surface area contributed by atoms with Crippen molar-refractivity contribution in [2.75, 3.05) is 18.5 Å². The highest BCUT2D eigenvalue weighted by atomic mass is 35.5. The molecular weight excluding hydrogens is 904 g/mol. The summed E-state index contributed by atoms with van der Waals surface area (Å²) in [6, 6.07) is 3.27. The third kappa shape index (κ3) is 17.7. The van der Waals surface area contributed by atoms with Crippen molar-refractivity contribution in [1.29, 1.82) is 0 Å². The molecule has 2 aliphatic rings. The van der Waals surface area contributed by atoms with Crippen molar-refractivity contribution in [1.82, 2.24) is 0 Å². The van der Waals surface area contributed by atoms with Crippen molar-refractivity contribution in [3.8, 4) is 0 Å². The van der Waals surface area contributed by atoms with Gasteiger partial charge >= 0.3 is 47.8 Å². The zero-order chi connectivity index (χ0) is 49.6. The molecule has 3 N–H and O–H groups in total. The highest BCUT2D eigenvalue weighted by Gasteiger charge is 2.57. The summed E-state index contributed by atoms with van der Waals surface area (Å²) >= 11 is 6.52. The van der Waals surface area contributed by atoms with Crippen LogP contribution in [0, 0.1) is 0 Å². The smallest absolute Gasteiger partial charge is 0.306 e. The SMILES string of the molecule is CC(=O)OC[C@H]1O[C@H](O[C@H]2[C@H](OC(C)=O)[C@@H](OC(C)=O)[C@H](OCc3cc(NC(=O)[C@@H](N)CCC(=O)OC(C)(C)C)ccc3Cl)O[C@@H]2COC(C)=O)[C@H](OC(C)=O)[C@@H](OC(C)=O)[C@@H]1OC(C)=O. The molecular formula is C42H57ClN2O21. The van der Waals surface area contributed by atoms with Crippen molar-refractivity contribution in [2.24, 2.45) is 5.73 Å². The number of carbonyl (C=O) groups is 9. The van der Waals surface area contributed by atoms with E-state index in [9.17, 15) is 43.2 Å². The number of nitrogens with one attached hydrogen (secondary N) is 1. The van der Waals surface area contributed by atoms with Crippen molar-refractivity contribution in [3.63, 3.8) is 0 Å². The summed E-state index contributed by atoms with van der Waals surface area (Å²) in [6.45, 7) is 10.7. The third-order valence-corrected chi connectivity index (χ3v) is 9.39. The molecule has 0 spiro atoms. The maximum absolute atomic E-state index is 13.0. The van der Waals surface area contributed by atoms with Crippen LogP contribution in [0.1, 0.15) is 87.6 Å². The van der Waals surface area contributed by atoms with E-state index in [1.165, 1.54) is 18.2 Å². The minimum absolute atomic E-state index is 0.0166. The van der Waals surface area contributed by atoms with Gasteiger partial charge in [0.05, 0.1) is 12.6 Å². The zero-order valence-corrected chi connectivity index (χ0v) is 38.9. The minimum Gasteiger partial charge on any atom is -0.463 e. The number of hydrogen-bond acceptors (Lipinski definition) is 22. The first-order valence-corrected chi connectivity index (χ1v) is 20.9. The van der Waals surface area contributed by atoms with E-state index in [-0.39, 0.29) is 29.1 Å². The topological polar surface area (TPSA) is 302 Å². The Balaban J connectivity index is 2.04. The first kappa shape index (κ1) is 54.9. The number of amides is 1. The van der Waals surface area contributed by atoms with Gasteiger partial charge in [-0.05, 0) is 51.0 Å². The number of ether oxygens (including phenoxy) is 12. The number of hydrogen-bond donors (Lipinski definition) is 2. The molecule has 1 aromatic rings. The van der Waals surface area contributed by atoms with Crippen molar-refractivity contribution >= 4 is 70.9 Å². The predicted molar refractivity (Wildman–Crippen MR) is 221 cm³/mol. The van der Waals surface area contributed by atoms with Crippen molar-refractivity contribution in [3.05, 3.63) is 28.8 Å². The summed E-state index contributed by atoms with van der Waals surface area (Å²) < 4.78 is 68.2. The lowest BCUT2D eigenvalue weighted by molar-refractivity contribution is -0.362. The van der Waals surface area contributed by atoms with E-state index in [0.717, 1.165) is 48.5 Å². The highest BCUT2D eigenvalue weighted by molar-refractivity contribution is 6.31. The quantitative estimate of drug-likeness (QED) is 0.148. The van der Waals surface area contributed by atoms with Gasteiger partial charge in [0.1, 0.15) is 37.1 Å². The van der Waals surface area contributed by atoms with Gasteiger partial charge in [-0.15, -0.1) is 0 Å². The van der Waals surface area contributed by atoms with Gasteiger partial charge in [-0.3, -0.25) is 43.2 Å². The second-order valence-electron chi connectivity index (χ2n) is 16.0. The molecule has 11 atom stereocenters. The maximum atomic E-state index is 13.0. The van der Waals surface area contributed by atoms with E-state index >= 15 is 0 Å². The number of benzene rings is 1. The summed E-state index contributed by atoms with van der Waals surface area (Å²) in [6.07, 6.45) is -16.8. The fourth-order valence-corrected chi connectivity index (χ4v) is 6.75. The molecule has 1 amide bonds. The summed E-state index contributed by atoms with van der Waals surface area (Å²) in [5, 5.41) is 2.78. The van der Waals surface area contributed by atoms with Gasteiger partial charge in [-0.25, -0.2) is 0 Å². The molecule has 0 unspecified atom stereocenters. The maximum Gasteiger partial charge on any atom is 0.306 e. The molecule has 2 aliphatic heterocycles. The van der Waals surface area contributed by atoms with E-state index in [1.54, 1.807) is 20.8 Å². The van der Waals surface area contributed by atoms with E-state index in [0.29, 0.717) is 0 Å². The van der Waals surface area contributed by atoms with Gasteiger partial charge in [0.15, 0.2) is 43.1 Å². The largest absolute Gasteiger partial charge is 0.463 e. The Morgan fingerprint density at radius 3 is 1.61 bits per heavy atom. The summed E-state index contributed by atoms with van der Waals surface area (Å²) in [4.78, 5) is 112. The Bertz CT molecular complexity index is 1940. The Kier molecular flexibility index (Phi) is 20.7. The molecule has 2 heterocycles. The van der Waals surface area contributed by atoms with Crippen LogP contribution < -0.4 is 11.1 Å². The van der Waals surface area contributed by atoms with Gasteiger partial charge in [0, 0.05) is 65.6 Å². The Morgan fingerprint density at radius 2 is 1.11 bits per heavy atom.